The summed E-state index contributed by atoms with van der Waals surface area (Å²) in [5.41, 5.74) is 5.63. The average Bonchev–Trinajstić information content (AvgIpc) is 2.46. The number of rotatable bonds is 3. The Morgan fingerprint density at radius 1 is 1.20 bits per heavy atom. The third-order valence-electron chi connectivity index (χ3n) is 4.08. The van der Waals surface area contributed by atoms with Crippen LogP contribution in [0.4, 0.5) is 13.2 Å². The molecule has 1 atom stereocenters. The second kappa shape index (κ2) is 6.04. The minimum absolute atomic E-state index is 0.137. The molecule has 0 saturated heterocycles. The van der Waals surface area contributed by atoms with Crippen molar-refractivity contribution in [2.75, 3.05) is 7.11 Å². The van der Waals surface area contributed by atoms with Crippen LogP contribution in [0.2, 0.25) is 0 Å². The predicted octanol–water partition coefficient (Wildman–Crippen LogP) is 4.29. The van der Waals surface area contributed by atoms with Gasteiger partial charge in [-0.05, 0) is 36.5 Å². The third-order valence-corrected chi connectivity index (χ3v) is 4.08. The molecule has 0 aliphatic heterocycles. The summed E-state index contributed by atoms with van der Waals surface area (Å²) in [6, 6.07) is 3.49. The van der Waals surface area contributed by atoms with Crippen molar-refractivity contribution in [3.63, 3.8) is 0 Å². The first kappa shape index (κ1) is 15.2. The van der Waals surface area contributed by atoms with Crippen molar-refractivity contribution in [3.05, 3.63) is 29.3 Å². The molecule has 0 bridgehead atoms. The molecule has 112 valence electrons. The van der Waals surface area contributed by atoms with E-state index in [2.05, 4.69) is 0 Å². The number of ether oxygens (including phenoxy) is 1. The lowest BCUT2D eigenvalue weighted by Gasteiger charge is -2.29. The fraction of sp³-hybridized carbons (Fsp3) is 0.600. The molecule has 1 aromatic rings. The van der Waals surface area contributed by atoms with Gasteiger partial charge in [0.25, 0.3) is 0 Å². The molecule has 0 amide bonds. The highest BCUT2D eigenvalue weighted by molar-refractivity contribution is 5.39. The molecule has 1 saturated carbocycles. The summed E-state index contributed by atoms with van der Waals surface area (Å²) in [5, 5.41) is 0. The van der Waals surface area contributed by atoms with Crippen molar-refractivity contribution in [1.29, 1.82) is 0 Å². The van der Waals surface area contributed by atoms with Gasteiger partial charge in [-0.3, -0.25) is 0 Å². The number of hydrogen-bond donors (Lipinski definition) is 1. The maximum atomic E-state index is 13.2. The van der Waals surface area contributed by atoms with Gasteiger partial charge in [0.1, 0.15) is 5.75 Å². The van der Waals surface area contributed by atoms with Gasteiger partial charge in [-0.15, -0.1) is 0 Å². The summed E-state index contributed by atoms with van der Waals surface area (Å²) in [6.07, 6.45) is 0.662. The average molecular weight is 287 g/mol. The lowest BCUT2D eigenvalue weighted by molar-refractivity contribution is -0.138. The van der Waals surface area contributed by atoms with Crippen LogP contribution in [0, 0.1) is 5.92 Å². The summed E-state index contributed by atoms with van der Waals surface area (Å²) >= 11 is 0. The second-order valence-electron chi connectivity index (χ2n) is 5.37. The largest absolute Gasteiger partial charge is 0.497 e. The van der Waals surface area contributed by atoms with Crippen LogP contribution in [0.5, 0.6) is 5.75 Å². The molecule has 0 heterocycles. The molecule has 2 N–H and O–H groups in total. The molecule has 2 nitrogen and oxygen atoms in total. The summed E-state index contributed by atoms with van der Waals surface area (Å²) in [5.74, 6) is 0.343. The third kappa shape index (κ3) is 3.26. The van der Waals surface area contributed by atoms with Crippen LogP contribution in [0.15, 0.2) is 18.2 Å². The van der Waals surface area contributed by atoms with Crippen LogP contribution < -0.4 is 10.5 Å². The Morgan fingerprint density at radius 2 is 1.85 bits per heavy atom. The molecule has 2 rings (SSSR count). The van der Waals surface area contributed by atoms with E-state index in [1.165, 1.54) is 13.2 Å². The highest BCUT2D eigenvalue weighted by Crippen LogP contribution is 2.40. The van der Waals surface area contributed by atoms with Gasteiger partial charge in [0, 0.05) is 6.04 Å². The van der Waals surface area contributed by atoms with E-state index >= 15 is 0 Å². The maximum absolute atomic E-state index is 13.2. The molecule has 20 heavy (non-hydrogen) atoms. The van der Waals surface area contributed by atoms with Crippen LogP contribution in [0.3, 0.4) is 0 Å². The summed E-state index contributed by atoms with van der Waals surface area (Å²) in [6.45, 7) is 0. The highest BCUT2D eigenvalue weighted by atomic mass is 19.4. The minimum atomic E-state index is -4.41. The molecule has 5 heteroatoms. The van der Waals surface area contributed by atoms with Crippen LogP contribution >= 0.6 is 0 Å². The minimum Gasteiger partial charge on any atom is -0.497 e. The Kier molecular flexibility index (Phi) is 4.58. The Labute approximate surface area is 117 Å². The zero-order valence-electron chi connectivity index (χ0n) is 11.5. The van der Waals surface area contributed by atoms with Gasteiger partial charge in [-0.25, -0.2) is 0 Å². The molecular formula is C15H20F3NO. The van der Waals surface area contributed by atoms with Gasteiger partial charge in [-0.2, -0.15) is 13.2 Å². The Hall–Kier alpha value is -1.23. The number of benzene rings is 1. The Bertz CT molecular complexity index is 453. The number of halogens is 3. The summed E-state index contributed by atoms with van der Waals surface area (Å²) < 4.78 is 44.4. The molecule has 1 aromatic carbocycles. The van der Waals surface area contributed by atoms with Crippen molar-refractivity contribution >= 4 is 0 Å². The molecule has 0 aromatic heterocycles. The van der Waals surface area contributed by atoms with Gasteiger partial charge in [0.2, 0.25) is 0 Å². The first-order valence-corrected chi connectivity index (χ1v) is 6.94. The van der Waals surface area contributed by atoms with E-state index in [9.17, 15) is 13.2 Å². The first-order valence-electron chi connectivity index (χ1n) is 6.94. The molecule has 0 radical (unpaired) electrons. The van der Waals surface area contributed by atoms with E-state index in [0.29, 0.717) is 0 Å². The van der Waals surface area contributed by atoms with E-state index in [-0.39, 0.29) is 17.2 Å². The zero-order valence-corrected chi connectivity index (χ0v) is 11.5. The zero-order chi connectivity index (χ0) is 14.8. The van der Waals surface area contributed by atoms with Gasteiger partial charge >= 0.3 is 6.18 Å². The Morgan fingerprint density at radius 3 is 2.40 bits per heavy atom. The first-order chi connectivity index (χ1) is 9.43. The number of nitrogens with two attached hydrogens (primary N) is 1. The van der Waals surface area contributed by atoms with Crippen LogP contribution in [-0.2, 0) is 6.18 Å². The van der Waals surface area contributed by atoms with Crippen LogP contribution in [0.25, 0.3) is 0 Å². The van der Waals surface area contributed by atoms with Gasteiger partial charge in [-0.1, -0.05) is 25.3 Å². The van der Waals surface area contributed by atoms with Crippen LogP contribution in [0.1, 0.15) is 49.3 Å². The molecular weight excluding hydrogens is 267 g/mol. The van der Waals surface area contributed by atoms with Crippen molar-refractivity contribution < 1.29 is 17.9 Å². The van der Waals surface area contributed by atoms with Crippen LogP contribution in [-0.4, -0.2) is 7.11 Å². The van der Waals surface area contributed by atoms with E-state index in [1.807, 2.05) is 0 Å². The standard InChI is InChI=1S/C15H20F3NO/c1-20-11-7-8-12(13(9-11)15(16,17)18)14(19)10-5-3-2-4-6-10/h7-10,14H,2-6,19H2,1H3/t14-/m1/s1. The molecule has 0 unspecified atom stereocenters. The van der Waals surface area contributed by atoms with Gasteiger partial charge < -0.3 is 10.5 Å². The van der Waals surface area contributed by atoms with Gasteiger partial charge in [0.15, 0.2) is 0 Å². The van der Waals surface area contributed by atoms with E-state index in [0.717, 1.165) is 38.2 Å². The maximum Gasteiger partial charge on any atom is 0.416 e. The topological polar surface area (TPSA) is 35.2 Å². The van der Waals surface area contributed by atoms with Crippen molar-refractivity contribution in [2.24, 2.45) is 11.7 Å². The summed E-state index contributed by atoms with van der Waals surface area (Å²) in [7, 11) is 1.36. The normalized spacial score (nSPS) is 18.9. The monoisotopic (exact) mass is 287 g/mol. The van der Waals surface area contributed by atoms with E-state index < -0.39 is 17.8 Å². The number of hydrogen-bond acceptors (Lipinski definition) is 2. The van der Waals surface area contributed by atoms with Crippen molar-refractivity contribution in [1.82, 2.24) is 0 Å². The van der Waals surface area contributed by atoms with E-state index in [1.54, 1.807) is 6.07 Å². The quantitative estimate of drug-likeness (QED) is 0.900. The highest BCUT2D eigenvalue weighted by Gasteiger charge is 2.36. The lowest BCUT2D eigenvalue weighted by atomic mass is 9.80. The second-order valence-corrected chi connectivity index (χ2v) is 5.37. The fourth-order valence-corrected chi connectivity index (χ4v) is 2.95. The number of alkyl halides is 3. The molecule has 1 fully saturated rings. The van der Waals surface area contributed by atoms with Crippen molar-refractivity contribution in [2.45, 2.75) is 44.3 Å². The molecule has 1 aliphatic carbocycles. The predicted molar refractivity (Wildman–Crippen MR) is 71.5 cm³/mol. The lowest BCUT2D eigenvalue weighted by Crippen LogP contribution is -2.26. The SMILES string of the molecule is COc1ccc([C@H](N)C2CCCCC2)c(C(F)(F)F)c1. The van der Waals surface area contributed by atoms with Gasteiger partial charge in [0.05, 0.1) is 12.7 Å². The smallest absolute Gasteiger partial charge is 0.416 e. The molecule has 1 aliphatic rings. The fourth-order valence-electron chi connectivity index (χ4n) is 2.95. The number of methoxy groups -OCH3 is 1. The molecule has 0 spiro atoms. The van der Waals surface area contributed by atoms with E-state index in [4.69, 9.17) is 10.5 Å². The Balaban J connectivity index is 2.34. The summed E-state index contributed by atoms with van der Waals surface area (Å²) in [4.78, 5) is 0. The van der Waals surface area contributed by atoms with Crippen molar-refractivity contribution in [3.8, 4) is 5.75 Å².